The second kappa shape index (κ2) is 7.28. The first kappa shape index (κ1) is 17.4. The van der Waals surface area contributed by atoms with Crippen LogP contribution in [0, 0.1) is 5.92 Å². The number of aromatic amines is 1. The second-order valence-electron chi connectivity index (χ2n) is 6.55. The predicted octanol–water partition coefficient (Wildman–Crippen LogP) is 3.11. The third-order valence-corrected chi connectivity index (χ3v) is 6.55. The monoisotopic (exact) mass is 389 g/mol. The van der Waals surface area contributed by atoms with Gasteiger partial charge in [0.25, 0.3) is 5.56 Å². The van der Waals surface area contributed by atoms with Crippen LogP contribution >= 0.6 is 23.1 Å². The van der Waals surface area contributed by atoms with Gasteiger partial charge in [0.2, 0.25) is 5.91 Å². The van der Waals surface area contributed by atoms with Crippen LogP contribution in [0.3, 0.4) is 0 Å². The molecule has 0 radical (unpaired) electrons. The molecule has 2 N–H and O–H groups in total. The SMILES string of the molecule is C[C@H]1CCc2c(sc3nc(SCC(=O)NCc4ccco4)[nH]c(=O)c23)C1. The topological polar surface area (TPSA) is 88.0 Å². The van der Waals surface area contributed by atoms with Gasteiger partial charge in [-0.2, -0.15) is 0 Å². The van der Waals surface area contributed by atoms with Crippen LogP contribution in [0.2, 0.25) is 0 Å². The molecule has 0 spiro atoms. The molecule has 4 rings (SSSR count). The lowest BCUT2D eigenvalue weighted by Gasteiger charge is -2.17. The molecular formula is C18H19N3O3S2. The van der Waals surface area contributed by atoms with Crippen molar-refractivity contribution in [2.75, 3.05) is 5.75 Å². The maximum atomic E-state index is 12.5. The Morgan fingerprint density at radius 2 is 2.42 bits per heavy atom. The van der Waals surface area contributed by atoms with E-state index in [9.17, 15) is 9.59 Å². The van der Waals surface area contributed by atoms with E-state index in [1.54, 1.807) is 29.7 Å². The van der Waals surface area contributed by atoms with Gasteiger partial charge < -0.3 is 14.7 Å². The third kappa shape index (κ3) is 3.57. The van der Waals surface area contributed by atoms with Crippen molar-refractivity contribution in [2.45, 2.75) is 37.9 Å². The Balaban J connectivity index is 1.45. The van der Waals surface area contributed by atoms with Gasteiger partial charge in [0.1, 0.15) is 10.6 Å². The zero-order chi connectivity index (χ0) is 18.1. The molecule has 1 atom stereocenters. The Hall–Kier alpha value is -2.06. The summed E-state index contributed by atoms with van der Waals surface area (Å²) in [5.74, 6) is 1.42. The molecule has 0 aromatic carbocycles. The fraction of sp³-hybridized carbons (Fsp3) is 0.389. The van der Waals surface area contributed by atoms with Gasteiger partial charge in [0.05, 0.1) is 23.9 Å². The van der Waals surface area contributed by atoms with Gasteiger partial charge in [0.15, 0.2) is 5.16 Å². The highest BCUT2D eigenvalue weighted by molar-refractivity contribution is 7.99. The molecule has 0 bridgehead atoms. The lowest BCUT2D eigenvalue weighted by Crippen LogP contribution is -2.24. The van der Waals surface area contributed by atoms with Crippen LogP contribution < -0.4 is 10.9 Å². The number of rotatable bonds is 5. The number of carbonyl (C=O) groups is 1. The fourth-order valence-electron chi connectivity index (χ4n) is 3.18. The molecule has 0 saturated heterocycles. The van der Waals surface area contributed by atoms with Gasteiger partial charge >= 0.3 is 0 Å². The van der Waals surface area contributed by atoms with Crippen molar-refractivity contribution in [3.63, 3.8) is 0 Å². The summed E-state index contributed by atoms with van der Waals surface area (Å²) < 4.78 is 5.18. The maximum absolute atomic E-state index is 12.5. The van der Waals surface area contributed by atoms with Crippen LogP contribution in [0.4, 0.5) is 0 Å². The molecule has 1 aliphatic carbocycles. The van der Waals surface area contributed by atoms with Gasteiger partial charge in [-0.3, -0.25) is 9.59 Å². The molecule has 0 fully saturated rings. The van der Waals surface area contributed by atoms with Crippen LogP contribution in [-0.4, -0.2) is 21.6 Å². The number of amides is 1. The highest BCUT2D eigenvalue weighted by atomic mass is 32.2. The average molecular weight is 390 g/mol. The van der Waals surface area contributed by atoms with Gasteiger partial charge in [-0.05, 0) is 42.9 Å². The van der Waals surface area contributed by atoms with E-state index in [0.29, 0.717) is 23.4 Å². The van der Waals surface area contributed by atoms with Crippen molar-refractivity contribution < 1.29 is 9.21 Å². The van der Waals surface area contributed by atoms with E-state index < -0.39 is 0 Å². The summed E-state index contributed by atoms with van der Waals surface area (Å²) in [6, 6.07) is 3.58. The number of nitrogens with one attached hydrogen (secondary N) is 2. The van der Waals surface area contributed by atoms with Crippen molar-refractivity contribution in [2.24, 2.45) is 5.92 Å². The van der Waals surface area contributed by atoms with E-state index in [1.165, 1.54) is 22.2 Å². The second-order valence-corrected chi connectivity index (χ2v) is 8.60. The first-order valence-corrected chi connectivity index (χ1v) is 10.4. The molecule has 3 aromatic rings. The molecule has 6 nitrogen and oxygen atoms in total. The van der Waals surface area contributed by atoms with Crippen LogP contribution in [-0.2, 0) is 24.2 Å². The molecule has 3 heterocycles. The molecule has 136 valence electrons. The lowest BCUT2D eigenvalue weighted by atomic mass is 9.89. The smallest absolute Gasteiger partial charge is 0.260 e. The van der Waals surface area contributed by atoms with Crippen molar-refractivity contribution >= 4 is 39.2 Å². The van der Waals surface area contributed by atoms with E-state index in [4.69, 9.17) is 4.42 Å². The largest absolute Gasteiger partial charge is 0.467 e. The molecule has 0 saturated carbocycles. The Labute approximate surface area is 158 Å². The zero-order valence-corrected chi connectivity index (χ0v) is 16.0. The minimum absolute atomic E-state index is 0.0967. The van der Waals surface area contributed by atoms with E-state index in [0.717, 1.165) is 29.5 Å². The number of hydrogen-bond acceptors (Lipinski definition) is 6. The fourth-order valence-corrected chi connectivity index (χ4v) is 5.31. The molecule has 3 aromatic heterocycles. The molecule has 26 heavy (non-hydrogen) atoms. The van der Waals surface area contributed by atoms with E-state index in [1.807, 2.05) is 0 Å². The summed E-state index contributed by atoms with van der Waals surface area (Å²) in [6.45, 7) is 2.60. The highest BCUT2D eigenvalue weighted by Crippen LogP contribution is 2.36. The first-order valence-electron chi connectivity index (χ1n) is 8.56. The summed E-state index contributed by atoms with van der Waals surface area (Å²) in [4.78, 5) is 34.0. The molecule has 1 aliphatic rings. The Morgan fingerprint density at radius 1 is 1.54 bits per heavy atom. The number of aromatic nitrogens is 2. The summed E-state index contributed by atoms with van der Waals surface area (Å²) in [5.41, 5.74) is 1.07. The minimum atomic E-state index is -0.131. The van der Waals surface area contributed by atoms with Crippen molar-refractivity contribution in [3.8, 4) is 0 Å². The van der Waals surface area contributed by atoms with Crippen LogP contribution in [0.15, 0.2) is 32.8 Å². The maximum Gasteiger partial charge on any atom is 0.260 e. The molecule has 1 amide bonds. The number of thiophene rings is 1. The predicted molar refractivity (Wildman–Crippen MR) is 103 cm³/mol. The summed E-state index contributed by atoms with van der Waals surface area (Å²) in [5, 5.41) is 4.01. The summed E-state index contributed by atoms with van der Waals surface area (Å²) in [6.07, 6.45) is 4.66. The number of carbonyl (C=O) groups excluding carboxylic acids is 1. The molecule has 8 heteroatoms. The quantitative estimate of drug-likeness (QED) is 0.517. The van der Waals surface area contributed by atoms with Gasteiger partial charge in [-0.15, -0.1) is 11.3 Å². The molecule has 0 unspecified atom stereocenters. The Bertz CT molecular complexity index is 991. The Kier molecular flexibility index (Phi) is 4.86. The number of hydrogen-bond donors (Lipinski definition) is 2. The minimum Gasteiger partial charge on any atom is -0.467 e. The third-order valence-electron chi connectivity index (χ3n) is 4.52. The summed E-state index contributed by atoms with van der Waals surface area (Å²) >= 11 is 2.86. The average Bonchev–Trinajstić information content (AvgIpc) is 3.24. The Morgan fingerprint density at radius 3 is 3.23 bits per heavy atom. The van der Waals surface area contributed by atoms with Gasteiger partial charge in [0, 0.05) is 4.88 Å². The van der Waals surface area contributed by atoms with Crippen molar-refractivity contribution in [1.82, 2.24) is 15.3 Å². The molecular weight excluding hydrogens is 370 g/mol. The number of aryl methyl sites for hydroxylation is 1. The van der Waals surface area contributed by atoms with Crippen molar-refractivity contribution in [3.05, 3.63) is 45.0 Å². The van der Waals surface area contributed by atoms with Crippen LogP contribution in [0.25, 0.3) is 10.2 Å². The normalized spacial score (nSPS) is 16.6. The number of fused-ring (bicyclic) bond motifs is 3. The van der Waals surface area contributed by atoms with Gasteiger partial charge in [-0.1, -0.05) is 18.7 Å². The lowest BCUT2D eigenvalue weighted by molar-refractivity contribution is -0.118. The van der Waals surface area contributed by atoms with E-state index in [-0.39, 0.29) is 17.2 Å². The number of furan rings is 1. The van der Waals surface area contributed by atoms with Crippen LogP contribution in [0.5, 0.6) is 0 Å². The number of nitrogens with zero attached hydrogens (tertiary/aromatic N) is 1. The first-order chi connectivity index (χ1) is 12.6. The zero-order valence-electron chi connectivity index (χ0n) is 14.3. The number of thioether (sulfide) groups is 1. The standard InChI is InChI=1S/C18H19N3O3S2/c1-10-4-5-12-13(7-10)26-17-15(12)16(23)20-18(21-17)25-9-14(22)19-8-11-3-2-6-24-11/h2-3,6,10H,4-5,7-9H2,1H3,(H,19,22)(H,20,21,23)/t10-/m0/s1. The van der Waals surface area contributed by atoms with E-state index in [2.05, 4.69) is 22.2 Å². The van der Waals surface area contributed by atoms with Crippen molar-refractivity contribution in [1.29, 1.82) is 0 Å². The van der Waals surface area contributed by atoms with Gasteiger partial charge in [-0.25, -0.2) is 4.98 Å². The molecule has 0 aliphatic heterocycles. The summed E-state index contributed by atoms with van der Waals surface area (Å²) in [7, 11) is 0. The highest BCUT2D eigenvalue weighted by Gasteiger charge is 2.23. The van der Waals surface area contributed by atoms with E-state index >= 15 is 0 Å². The van der Waals surface area contributed by atoms with Crippen LogP contribution in [0.1, 0.15) is 29.5 Å². The number of H-pyrrole nitrogens is 1.